The molecule has 0 bridgehead atoms. The minimum absolute atomic E-state index is 0.266. The van der Waals surface area contributed by atoms with Crippen LogP contribution in [0.4, 0.5) is 0 Å². The van der Waals surface area contributed by atoms with E-state index in [4.69, 9.17) is 9.47 Å². The Morgan fingerprint density at radius 1 is 1.29 bits per heavy atom. The molecule has 0 amide bonds. The van der Waals surface area contributed by atoms with Gasteiger partial charge in [0.25, 0.3) is 0 Å². The standard InChI is InChI=1S/C15H11BrN2O3/c1-20-10-5-6-13(11(16)8-10)21-15-12(9-19)18-7-3-2-4-14(18)17-15/h2-9H,1H3. The van der Waals surface area contributed by atoms with Gasteiger partial charge in [-0.25, -0.2) is 0 Å². The van der Waals surface area contributed by atoms with Crippen molar-refractivity contribution in [2.75, 3.05) is 7.11 Å². The maximum Gasteiger partial charge on any atom is 0.249 e. The molecule has 0 aliphatic heterocycles. The number of benzene rings is 1. The van der Waals surface area contributed by atoms with Gasteiger partial charge in [0.15, 0.2) is 12.0 Å². The molecule has 0 saturated heterocycles. The molecule has 0 saturated carbocycles. The summed E-state index contributed by atoms with van der Waals surface area (Å²) in [5.41, 5.74) is 1.02. The first kappa shape index (κ1) is 13.6. The highest BCUT2D eigenvalue weighted by molar-refractivity contribution is 9.10. The lowest BCUT2D eigenvalue weighted by molar-refractivity contribution is 0.111. The lowest BCUT2D eigenvalue weighted by Gasteiger charge is -2.07. The molecule has 2 aromatic heterocycles. The van der Waals surface area contributed by atoms with Gasteiger partial charge in [-0.15, -0.1) is 0 Å². The normalized spacial score (nSPS) is 10.6. The molecule has 2 heterocycles. The average Bonchev–Trinajstić information content (AvgIpc) is 2.86. The zero-order valence-corrected chi connectivity index (χ0v) is 12.7. The van der Waals surface area contributed by atoms with Crippen LogP contribution in [0.15, 0.2) is 47.1 Å². The van der Waals surface area contributed by atoms with E-state index in [1.54, 1.807) is 35.9 Å². The van der Waals surface area contributed by atoms with Crippen molar-refractivity contribution in [1.29, 1.82) is 0 Å². The first-order valence-corrected chi connectivity index (χ1v) is 6.96. The van der Waals surface area contributed by atoms with E-state index in [-0.39, 0.29) is 5.88 Å². The number of halogens is 1. The van der Waals surface area contributed by atoms with Crippen molar-refractivity contribution in [2.24, 2.45) is 0 Å². The van der Waals surface area contributed by atoms with Gasteiger partial charge >= 0.3 is 0 Å². The molecular formula is C15H11BrN2O3. The van der Waals surface area contributed by atoms with Gasteiger partial charge in [-0.05, 0) is 46.3 Å². The van der Waals surface area contributed by atoms with Gasteiger partial charge in [-0.2, -0.15) is 4.98 Å². The van der Waals surface area contributed by atoms with Gasteiger partial charge in [-0.1, -0.05) is 6.07 Å². The smallest absolute Gasteiger partial charge is 0.249 e. The number of carbonyl (C=O) groups excluding carboxylic acids is 1. The SMILES string of the molecule is COc1ccc(Oc2nc3ccccn3c2C=O)c(Br)c1. The summed E-state index contributed by atoms with van der Waals surface area (Å²) in [6.07, 6.45) is 2.49. The molecule has 3 aromatic rings. The van der Waals surface area contributed by atoms with E-state index in [1.807, 2.05) is 18.2 Å². The second-order valence-corrected chi connectivity index (χ2v) is 5.10. The Morgan fingerprint density at radius 2 is 2.14 bits per heavy atom. The van der Waals surface area contributed by atoms with Gasteiger partial charge in [0.2, 0.25) is 5.88 Å². The monoisotopic (exact) mass is 346 g/mol. The molecule has 3 rings (SSSR count). The molecule has 21 heavy (non-hydrogen) atoms. The number of hydrogen-bond donors (Lipinski definition) is 0. The molecule has 0 radical (unpaired) electrons. The largest absolute Gasteiger partial charge is 0.497 e. The Kier molecular flexibility index (Phi) is 3.62. The number of aromatic nitrogens is 2. The van der Waals surface area contributed by atoms with Crippen molar-refractivity contribution in [3.8, 4) is 17.4 Å². The molecule has 0 atom stereocenters. The van der Waals surface area contributed by atoms with Crippen LogP contribution in [0.3, 0.4) is 0 Å². The fourth-order valence-corrected chi connectivity index (χ4v) is 2.41. The summed E-state index contributed by atoms with van der Waals surface area (Å²) >= 11 is 3.41. The van der Waals surface area contributed by atoms with E-state index >= 15 is 0 Å². The zero-order valence-electron chi connectivity index (χ0n) is 11.1. The van der Waals surface area contributed by atoms with Crippen molar-refractivity contribution >= 4 is 27.9 Å². The van der Waals surface area contributed by atoms with E-state index in [1.165, 1.54) is 0 Å². The van der Waals surface area contributed by atoms with Crippen LogP contribution in [0, 0.1) is 0 Å². The lowest BCUT2D eigenvalue weighted by Crippen LogP contribution is -1.93. The quantitative estimate of drug-likeness (QED) is 0.675. The minimum atomic E-state index is 0.266. The molecular weight excluding hydrogens is 336 g/mol. The average molecular weight is 347 g/mol. The van der Waals surface area contributed by atoms with Crippen LogP contribution in [-0.4, -0.2) is 22.8 Å². The van der Waals surface area contributed by atoms with Crippen LogP contribution in [0.2, 0.25) is 0 Å². The Labute approximate surface area is 129 Å². The number of ether oxygens (including phenoxy) is 2. The second-order valence-electron chi connectivity index (χ2n) is 4.25. The van der Waals surface area contributed by atoms with Gasteiger partial charge in [0, 0.05) is 6.20 Å². The minimum Gasteiger partial charge on any atom is -0.497 e. The maximum absolute atomic E-state index is 11.3. The highest BCUT2D eigenvalue weighted by Gasteiger charge is 2.14. The van der Waals surface area contributed by atoms with E-state index in [2.05, 4.69) is 20.9 Å². The fraction of sp³-hybridized carbons (Fsp3) is 0.0667. The highest BCUT2D eigenvalue weighted by Crippen LogP contribution is 2.33. The summed E-state index contributed by atoms with van der Waals surface area (Å²) < 4.78 is 13.3. The lowest BCUT2D eigenvalue weighted by atomic mass is 10.3. The Hall–Kier alpha value is -2.34. The molecule has 0 aliphatic carbocycles. The first-order valence-electron chi connectivity index (χ1n) is 6.16. The first-order chi connectivity index (χ1) is 10.2. The Balaban J connectivity index is 2.03. The fourth-order valence-electron chi connectivity index (χ4n) is 1.97. The summed E-state index contributed by atoms with van der Waals surface area (Å²) in [5.74, 6) is 1.53. The maximum atomic E-state index is 11.3. The van der Waals surface area contributed by atoms with Crippen LogP contribution in [0.1, 0.15) is 10.5 Å². The van der Waals surface area contributed by atoms with Crippen LogP contribution in [0.25, 0.3) is 5.65 Å². The van der Waals surface area contributed by atoms with Gasteiger partial charge < -0.3 is 9.47 Å². The topological polar surface area (TPSA) is 52.8 Å². The molecule has 0 unspecified atom stereocenters. The molecule has 6 heteroatoms. The van der Waals surface area contributed by atoms with Crippen molar-refractivity contribution in [3.63, 3.8) is 0 Å². The van der Waals surface area contributed by atoms with E-state index < -0.39 is 0 Å². The van der Waals surface area contributed by atoms with E-state index in [0.29, 0.717) is 22.8 Å². The number of fused-ring (bicyclic) bond motifs is 1. The highest BCUT2D eigenvalue weighted by atomic mass is 79.9. The number of nitrogens with zero attached hydrogens (tertiary/aromatic N) is 2. The molecule has 0 aliphatic rings. The Morgan fingerprint density at radius 3 is 2.86 bits per heavy atom. The Bertz CT molecular complexity index is 814. The van der Waals surface area contributed by atoms with Gasteiger partial charge in [0.1, 0.15) is 17.1 Å². The van der Waals surface area contributed by atoms with E-state index in [0.717, 1.165) is 10.8 Å². The van der Waals surface area contributed by atoms with Gasteiger partial charge in [-0.3, -0.25) is 9.20 Å². The number of aldehydes is 1. The summed E-state index contributed by atoms with van der Waals surface area (Å²) in [6, 6.07) is 10.8. The summed E-state index contributed by atoms with van der Waals surface area (Å²) in [4.78, 5) is 15.6. The predicted molar refractivity (Wildman–Crippen MR) is 81.3 cm³/mol. The number of pyridine rings is 1. The molecule has 0 fully saturated rings. The van der Waals surface area contributed by atoms with E-state index in [9.17, 15) is 4.79 Å². The molecule has 1 aromatic carbocycles. The predicted octanol–water partition coefficient (Wildman–Crippen LogP) is 3.71. The second kappa shape index (κ2) is 5.57. The van der Waals surface area contributed by atoms with Crippen molar-refractivity contribution < 1.29 is 14.3 Å². The molecule has 0 spiro atoms. The number of carbonyl (C=O) groups is 1. The zero-order chi connectivity index (χ0) is 14.8. The van der Waals surface area contributed by atoms with Crippen LogP contribution < -0.4 is 9.47 Å². The van der Waals surface area contributed by atoms with Crippen molar-refractivity contribution in [2.45, 2.75) is 0 Å². The third kappa shape index (κ3) is 2.50. The van der Waals surface area contributed by atoms with Crippen molar-refractivity contribution in [3.05, 3.63) is 52.8 Å². The molecule has 106 valence electrons. The molecule has 5 nitrogen and oxygen atoms in total. The van der Waals surface area contributed by atoms with Crippen LogP contribution in [0.5, 0.6) is 17.4 Å². The number of imidazole rings is 1. The number of methoxy groups -OCH3 is 1. The number of hydrogen-bond acceptors (Lipinski definition) is 4. The summed E-state index contributed by atoms with van der Waals surface area (Å²) in [5, 5.41) is 0. The summed E-state index contributed by atoms with van der Waals surface area (Å²) in [6.45, 7) is 0. The third-order valence-electron chi connectivity index (χ3n) is 2.99. The number of rotatable bonds is 4. The summed E-state index contributed by atoms with van der Waals surface area (Å²) in [7, 11) is 1.59. The molecule has 0 N–H and O–H groups in total. The van der Waals surface area contributed by atoms with Gasteiger partial charge in [0.05, 0.1) is 11.6 Å². The van der Waals surface area contributed by atoms with Crippen LogP contribution in [-0.2, 0) is 0 Å². The van der Waals surface area contributed by atoms with Crippen LogP contribution >= 0.6 is 15.9 Å². The third-order valence-corrected chi connectivity index (χ3v) is 3.61. The van der Waals surface area contributed by atoms with Crippen molar-refractivity contribution in [1.82, 2.24) is 9.38 Å².